The van der Waals surface area contributed by atoms with Gasteiger partial charge in [-0.2, -0.15) is 0 Å². The minimum Gasteiger partial charge on any atom is -0.399 e. The standard InChI is InChI=1S/C17H19N5O3/c1-11-2-3-12(18)8-15(11)17(23)21-7-6-13(10-21)20-16-5-4-14(9-19-16)22(24)25/h2-5,8-9,13H,6-7,10,18H2,1H3,(H,19,20). The Balaban J connectivity index is 1.64. The van der Waals surface area contributed by atoms with Crippen molar-refractivity contribution in [1.29, 1.82) is 0 Å². The molecule has 1 unspecified atom stereocenters. The number of anilines is 2. The Morgan fingerprint density at radius 2 is 2.20 bits per heavy atom. The van der Waals surface area contributed by atoms with Crippen LogP contribution in [0.4, 0.5) is 17.2 Å². The second kappa shape index (κ2) is 6.76. The van der Waals surface area contributed by atoms with Gasteiger partial charge in [-0.15, -0.1) is 0 Å². The Bertz CT molecular complexity index is 806. The molecule has 8 nitrogen and oxygen atoms in total. The molecule has 8 heteroatoms. The largest absolute Gasteiger partial charge is 0.399 e. The van der Waals surface area contributed by atoms with Crippen molar-refractivity contribution >= 4 is 23.1 Å². The summed E-state index contributed by atoms with van der Waals surface area (Å²) in [5.41, 5.74) is 7.82. The molecule has 0 bridgehead atoms. The van der Waals surface area contributed by atoms with E-state index in [1.807, 2.05) is 13.0 Å². The average molecular weight is 341 g/mol. The normalized spacial score (nSPS) is 16.7. The minimum atomic E-state index is -0.485. The molecular formula is C17H19N5O3. The fraction of sp³-hybridized carbons (Fsp3) is 0.294. The molecule has 130 valence electrons. The van der Waals surface area contributed by atoms with Gasteiger partial charge in [0.1, 0.15) is 12.0 Å². The number of nitrogens with zero attached hydrogens (tertiary/aromatic N) is 3. The summed E-state index contributed by atoms with van der Waals surface area (Å²) in [6, 6.07) is 8.36. The molecule has 2 aromatic rings. The van der Waals surface area contributed by atoms with Crippen LogP contribution >= 0.6 is 0 Å². The fourth-order valence-electron chi connectivity index (χ4n) is 2.89. The molecule has 1 aliphatic heterocycles. The first kappa shape index (κ1) is 16.7. The molecule has 0 aliphatic carbocycles. The molecule has 2 heterocycles. The molecule has 1 aliphatic rings. The van der Waals surface area contributed by atoms with Crippen molar-refractivity contribution in [1.82, 2.24) is 9.88 Å². The number of nitrogens with one attached hydrogen (secondary N) is 1. The lowest BCUT2D eigenvalue weighted by Gasteiger charge is -2.18. The monoisotopic (exact) mass is 341 g/mol. The van der Waals surface area contributed by atoms with Gasteiger partial charge in [0.15, 0.2) is 0 Å². The van der Waals surface area contributed by atoms with E-state index in [1.165, 1.54) is 12.3 Å². The fourth-order valence-corrected chi connectivity index (χ4v) is 2.89. The maximum absolute atomic E-state index is 12.7. The summed E-state index contributed by atoms with van der Waals surface area (Å²) in [6.45, 7) is 3.07. The summed E-state index contributed by atoms with van der Waals surface area (Å²) in [7, 11) is 0. The predicted molar refractivity (Wildman–Crippen MR) is 94.4 cm³/mol. The molecule has 1 fully saturated rings. The maximum atomic E-state index is 12.7. The number of nitrogen functional groups attached to an aromatic ring is 1. The highest BCUT2D eigenvalue weighted by Crippen LogP contribution is 2.21. The van der Waals surface area contributed by atoms with Crippen LogP contribution in [0, 0.1) is 17.0 Å². The minimum absolute atomic E-state index is 0.0363. The zero-order chi connectivity index (χ0) is 18.0. The van der Waals surface area contributed by atoms with Crippen molar-refractivity contribution in [2.75, 3.05) is 24.1 Å². The number of benzene rings is 1. The first-order valence-electron chi connectivity index (χ1n) is 7.96. The van der Waals surface area contributed by atoms with E-state index in [2.05, 4.69) is 10.3 Å². The summed E-state index contributed by atoms with van der Waals surface area (Å²) in [6.07, 6.45) is 2.00. The molecule has 0 saturated carbocycles. The van der Waals surface area contributed by atoms with Crippen LogP contribution in [0.25, 0.3) is 0 Å². The highest BCUT2D eigenvalue weighted by Gasteiger charge is 2.28. The molecule has 25 heavy (non-hydrogen) atoms. The summed E-state index contributed by atoms with van der Waals surface area (Å²) in [4.78, 5) is 28.7. The number of nitrogens with two attached hydrogens (primary N) is 1. The summed E-state index contributed by atoms with van der Waals surface area (Å²) >= 11 is 0. The van der Waals surface area contributed by atoms with E-state index in [0.717, 1.165) is 12.0 Å². The molecule has 3 rings (SSSR count). The molecule has 0 spiro atoms. The number of pyridine rings is 1. The average Bonchev–Trinajstić information content (AvgIpc) is 3.05. The van der Waals surface area contributed by atoms with Crippen molar-refractivity contribution in [3.05, 3.63) is 57.8 Å². The quantitative estimate of drug-likeness (QED) is 0.500. The molecule has 1 atom stereocenters. The van der Waals surface area contributed by atoms with Crippen molar-refractivity contribution in [2.45, 2.75) is 19.4 Å². The van der Waals surface area contributed by atoms with Crippen LogP contribution < -0.4 is 11.1 Å². The Kier molecular flexibility index (Phi) is 4.51. The van der Waals surface area contributed by atoms with Crippen molar-refractivity contribution in [2.24, 2.45) is 0 Å². The van der Waals surface area contributed by atoms with Crippen LogP contribution in [0.3, 0.4) is 0 Å². The second-order valence-electron chi connectivity index (χ2n) is 6.11. The molecule has 3 N–H and O–H groups in total. The van der Waals surface area contributed by atoms with Gasteiger partial charge < -0.3 is 16.0 Å². The molecule has 1 aromatic heterocycles. The lowest BCUT2D eigenvalue weighted by atomic mass is 10.1. The van der Waals surface area contributed by atoms with Crippen LogP contribution in [-0.2, 0) is 0 Å². The Hall–Kier alpha value is -3.16. The number of likely N-dealkylation sites (tertiary alicyclic amines) is 1. The van der Waals surface area contributed by atoms with Gasteiger partial charge in [-0.1, -0.05) is 6.07 Å². The third kappa shape index (κ3) is 3.68. The summed E-state index contributed by atoms with van der Waals surface area (Å²) in [5, 5.41) is 13.9. The number of aryl methyl sites for hydroxylation is 1. The topological polar surface area (TPSA) is 114 Å². The van der Waals surface area contributed by atoms with Crippen LogP contribution in [0.1, 0.15) is 22.3 Å². The van der Waals surface area contributed by atoms with Crippen LogP contribution in [-0.4, -0.2) is 39.8 Å². The molecule has 1 saturated heterocycles. The second-order valence-corrected chi connectivity index (χ2v) is 6.11. The Morgan fingerprint density at radius 3 is 2.88 bits per heavy atom. The van der Waals surface area contributed by atoms with Crippen LogP contribution in [0.5, 0.6) is 0 Å². The van der Waals surface area contributed by atoms with Gasteiger partial charge in [0.2, 0.25) is 0 Å². The zero-order valence-electron chi connectivity index (χ0n) is 13.8. The number of carbonyl (C=O) groups is 1. The first-order chi connectivity index (χ1) is 11.9. The van der Waals surface area contributed by atoms with Crippen molar-refractivity contribution in [3.63, 3.8) is 0 Å². The van der Waals surface area contributed by atoms with Crippen LogP contribution in [0.15, 0.2) is 36.5 Å². The van der Waals surface area contributed by atoms with E-state index >= 15 is 0 Å². The highest BCUT2D eigenvalue weighted by molar-refractivity contribution is 5.96. The number of rotatable bonds is 4. The van der Waals surface area contributed by atoms with E-state index in [0.29, 0.717) is 30.2 Å². The molecule has 1 aromatic carbocycles. The third-order valence-electron chi connectivity index (χ3n) is 4.28. The van der Waals surface area contributed by atoms with E-state index < -0.39 is 4.92 Å². The number of carbonyl (C=O) groups excluding carboxylic acids is 1. The highest BCUT2D eigenvalue weighted by atomic mass is 16.6. The number of nitro groups is 1. The van der Waals surface area contributed by atoms with Gasteiger partial charge in [0, 0.05) is 36.4 Å². The molecular weight excluding hydrogens is 322 g/mol. The van der Waals surface area contributed by atoms with E-state index in [4.69, 9.17) is 5.73 Å². The molecule has 1 amide bonds. The lowest BCUT2D eigenvalue weighted by molar-refractivity contribution is -0.385. The Labute approximate surface area is 144 Å². The van der Waals surface area contributed by atoms with Gasteiger partial charge in [0.25, 0.3) is 11.6 Å². The number of hydrogen-bond donors (Lipinski definition) is 2. The van der Waals surface area contributed by atoms with E-state index in [-0.39, 0.29) is 17.6 Å². The Morgan fingerprint density at radius 1 is 1.40 bits per heavy atom. The van der Waals surface area contributed by atoms with E-state index in [9.17, 15) is 14.9 Å². The third-order valence-corrected chi connectivity index (χ3v) is 4.28. The van der Waals surface area contributed by atoms with Crippen molar-refractivity contribution in [3.8, 4) is 0 Å². The summed E-state index contributed by atoms with van der Waals surface area (Å²) < 4.78 is 0. The predicted octanol–water partition coefficient (Wildman–Crippen LogP) is 2.21. The SMILES string of the molecule is Cc1ccc(N)cc1C(=O)N1CCC(Nc2ccc([N+](=O)[O-])cn2)C1. The first-order valence-corrected chi connectivity index (χ1v) is 7.96. The summed E-state index contributed by atoms with van der Waals surface area (Å²) in [5.74, 6) is 0.524. The molecule has 0 radical (unpaired) electrons. The number of amides is 1. The van der Waals surface area contributed by atoms with Gasteiger partial charge in [-0.3, -0.25) is 14.9 Å². The van der Waals surface area contributed by atoms with Gasteiger partial charge in [-0.05, 0) is 37.1 Å². The van der Waals surface area contributed by atoms with Gasteiger partial charge in [0.05, 0.1) is 4.92 Å². The van der Waals surface area contributed by atoms with E-state index in [1.54, 1.807) is 23.1 Å². The number of aromatic nitrogens is 1. The zero-order valence-corrected chi connectivity index (χ0v) is 13.8. The number of hydrogen-bond acceptors (Lipinski definition) is 6. The van der Waals surface area contributed by atoms with Crippen molar-refractivity contribution < 1.29 is 9.72 Å². The van der Waals surface area contributed by atoms with Crippen LogP contribution in [0.2, 0.25) is 0 Å². The smallest absolute Gasteiger partial charge is 0.287 e. The lowest BCUT2D eigenvalue weighted by Crippen LogP contribution is -2.32. The van der Waals surface area contributed by atoms with Gasteiger partial charge in [-0.25, -0.2) is 4.98 Å². The van der Waals surface area contributed by atoms with Gasteiger partial charge >= 0.3 is 0 Å². The maximum Gasteiger partial charge on any atom is 0.287 e.